The largest absolute Gasteiger partial charge is 0.491 e. The van der Waals surface area contributed by atoms with Crippen molar-refractivity contribution in [1.29, 1.82) is 0 Å². The van der Waals surface area contributed by atoms with Gasteiger partial charge in [-0.3, -0.25) is 4.68 Å². The maximum absolute atomic E-state index is 12.8. The van der Waals surface area contributed by atoms with Crippen molar-refractivity contribution >= 4 is 22.8 Å². The number of fused-ring (bicyclic) bond motifs is 1. The molecule has 2 heterocycles. The van der Waals surface area contributed by atoms with Crippen LogP contribution in [0.4, 0.5) is 14.9 Å². The quantitative estimate of drug-likeness (QED) is 0.613. The molecule has 3 N–H and O–H groups in total. The lowest BCUT2D eigenvalue weighted by Gasteiger charge is -2.14. The minimum absolute atomic E-state index is 0.00534. The van der Waals surface area contributed by atoms with Gasteiger partial charge in [-0.2, -0.15) is 5.10 Å². The van der Waals surface area contributed by atoms with Crippen LogP contribution in [0.25, 0.3) is 11.0 Å². The zero-order valence-corrected chi connectivity index (χ0v) is 14.9. The van der Waals surface area contributed by atoms with E-state index in [0.717, 1.165) is 16.7 Å². The molecule has 0 bridgehead atoms. The molecule has 0 radical (unpaired) electrons. The number of carbonyl (C=O) groups excluding carboxylic acids is 1. The SMILES string of the molecule is Cc1nn(C)c2ncc(NC(=O)NCC(O)COc3ccc(F)cc3)cc12. The van der Waals surface area contributed by atoms with Crippen LogP contribution in [0.15, 0.2) is 36.5 Å². The van der Waals surface area contributed by atoms with Gasteiger partial charge in [-0.1, -0.05) is 0 Å². The molecule has 0 fully saturated rings. The first-order chi connectivity index (χ1) is 12.9. The Kier molecular flexibility index (Phi) is 5.51. The van der Waals surface area contributed by atoms with Crippen LogP contribution >= 0.6 is 0 Å². The molecule has 9 heteroatoms. The molecule has 1 atom stereocenters. The molecule has 2 aromatic heterocycles. The normalized spacial score (nSPS) is 12.0. The fourth-order valence-corrected chi connectivity index (χ4v) is 2.54. The van der Waals surface area contributed by atoms with Crippen LogP contribution in [0.1, 0.15) is 5.69 Å². The Hall–Kier alpha value is -3.20. The lowest BCUT2D eigenvalue weighted by molar-refractivity contribution is 0.108. The number of aliphatic hydroxyl groups excluding tert-OH is 1. The van der Waals surface area contributed by atoms with Crippen molar-refractivity contribution in [3.8, 4) is 5.75 Å². The lowest BCUT2D eigenvalue weighted by Crippen LogP contribution is -2.37. The molecule has 1 unspecified atom stereocenters. The molecule has 0 saturated carbocycles. The van der Waals surface area contributed by atoms with Gasteiger partial charge in [0.05, 0.1) is 17.6 Å². The highest BCUT2D eigenvalue weighted by Crippen LogP contribution is 2.19. The number of amides is 2. The number of benzene rings is 1. The zero-order chi connectivity index (χ0) is 19.4. The Morgan fingerprint density at radius 2 is 2.11 bits per heavy atom. The highest BCUT2D eigenvalue weighted by atomic mass is 19.1. The highest BCUT2D eigenvalue weighted by Gasteiger charge is 2.11. The number of nitrogens with zero attached hydrogens (tertiary/aromatic N) is 3. The number of aliphatic hydroxyl groups is 1. The monoisotopic (exact) mass is 373 g/mol. The van der Waals surface area contributed by atoms with Crippen LogP contribution in [0, 0.1) is 12.7 Å². The van der Waals surface area contributed by atoms with Crippen molar-refractivity contribution in [1.82, 2.24) is 20.1 Å². The average molecular weight is 373 g/mol. The summed E-state index contributed by atoms with van der Waals surface area (Å²) in [5, 5.41) is 20.2. The third kappa shape index (κ3) is 4.70. The van der Waals surface area contributed by atoms with E-state index in [9.17, 15) is 14.3 Å². The molecule has 3 aromatic rings. The van der Waals surface area contributed by atoms with Gasteiger partial charge in [-0.15, -0.1) is 0 Å². The zero-order valence-electron chi connectivity index (χ0n) is 14.9. The molecule has 0 saturated heterocycles. The van der Waals surface area contributed by atoms with Gasteiger partial charge in [-0.25, -0.2) is 14.2 Å². The summed E-state index contributed by atoms with van der Waals surface area (Å²) in [6.45, 7) is 1.83. The second-order valence-electron chi connectivity index (χ2n) is 6.06. The summed E-state index contributed by atoms with van der Waals surface area (Å²) in [7, 11) is 1.80. The predicted octanol–water partition coefficient (Wildman–Crippen LogP) is 1.98. The average Bonchev–Trinajstić information content (AvgIpc) is 2.93. The van der Waals surface area contributed by atoms with E-state index in [-0.39, 0.29) is 19.0 Å². The van der Waals surface area contributed by atoms with Crippen molar-refractivity contribution in [2.24, 2.45) is 7.05 Å². The highest BCUT2D eigenvalue weighted by molar-refractivity contribution is 5.92. The molecular formula is C18H20FN5O3. The van der Waals surface area contributed by atoms with E-state index in [1.165, 1.54) is 30.5 Å². The first-order valence-corrected chi connectivity index (χ1v) is 8.33. The van der Waals surface area contributed by atoms with Crippen LogP contribution in [0.2, 0.25) is 0 Å². The number of nitrogens with one attached hydrogen (secondary N) is 2. The topological polar surface area (TPSA) is 101 Å². The number of carbonyl (C=O) groups is 1. The maximum atomic E-state index is 12.8. The molecule has 2 amide bonds. The van der Waals surface area contributed by atoms with E-state index in [2.05, 4.69) is 20.7 Å². The number of hydrogen-bond acceptors (Lipinski definition) is 5. The van der Waals surface area contributed by atoms with Gasteiger partial charge in [0.15, 0.2) is 5.65 Å². The van der Waals surface area contributed by atoms with Gasteiger partial charge in [0.25, 0.3) is 0 Å². The van der Waals surface area contributed by atoms with E-state index in [4.69, 9.17) is 4.74 Å². The van der Waals surface area contributed by atoms with Crippen LogP contribution in [-0.4, -0.2) is 45.2 Å². The number of aryl methyl sites for hydroxylation is 2. The Morgan fingerprint density at radius 3 is 2.85 bits per heavy atom. The van der Waals surface area contributed by atoms with Gasteiger partial charge in [0, 0.05) is 19.0 Å². The molecule has 1 aromatic carbocycles. The van der Waals surface area contributed by atoms with Gasteiger partial charge < -0.3 is 20.5 Å². The molecule has 0 aliphatic rings. The fourth-order valence-electron chi connectivity index (χ4n) is 2.54. The standard InChI is InChI=1S/C18H20FN5O3/c1-11-16-7-13(8-20-17(16)24(2)23-11)22-18(26)21-9-14(25)10-27-15-5-3-12(19)4-6-15/h3-8,14,25H,9-10H2,1-2H3,(H2,21,22,26). The van der Waals surface area contributed by atoms with Crippen molar-refractivity contribution in [3.05, 3.63) is 48.0 Å². The van der Waals surface area contributed by atoms with Crippen LogP contribution in [0.3, 0.4) is 0 Å². The van der Waals surface area contributed by atoms with Crippen molar-refractivity contribution < 1.29 is 19.0 Å². The number of anilines is 1. The summed E-state index contributed by atoms with van der Waals surface area (Å²) in [5.74, 6) is 0.0708. The number of halogens is 1. The van der Waals surface area contributed by atoms with E-state index >= 15 is 0 Å². The van der Waals surface area contributed by atoms with Gasteiger partial charge in [-0.05, 0) is 37.3 Å². The number of hydrogen-bond donors (Lipinski definition) is 3. The third-order valence-corrected chi connectivity index (χ3v) is 3.88. The number of urea groups is 1. The van der Waals surface area contributed by atoms with Crippen molar-refractivity contribution in [2.75, 3.05) is 18.5 Å². The van der Waals surface area contributed by atoms with E-state index < -0.39 is 12.1 Å². The van der Waals surface area contributed by atoms with Gasteiger partial charge >= 0.3 is 6.03 Å². The van der Waals surface area contributed by atoms with Crippen LogP contribution < -0.4 is 15.4 Å². The molecule has 0 aliphatic heterocycles. The third-order valence-electron chi connectivity index (χ3n) is 3.88. The summed E-state index contributed by atoms with van der Waals surface area (Å²) in [5.41, 5.74) is 2.07. The molecular weight excluding hydrogens is 353 g/mol. The summed E-state index contributed by atoms with van der Waals surface area (Å²) >= 11 is 0. The summed E-state index contributed by atoms with van der Waals surface area (Å²) in [6.07, 6.45) is 0.624. The molecule has 142 valence electrons. The lowest BCUT2D eigenvalue weighted by atomic mass is 10.2. The van der Waals surface area contributed by atoms with E-state index in [0.29, 0.717) is 11.4 Å². The molecule has 3 rings (SSSR count). The second-order valence-corrected chi connectivity index (χ2v) is 6.06. The van der Waals surface area contributed by atoms with Crippen LogP contribution in [0.5, 0.6) is 5.75 Å². The first kappa shape index (κ1) is 18.6. The van der Waals surface area contributed by atoms with E-state index in [1.807, 2.05) is 6.92 Å². The molecule has 0 aliphatic carbocycles. The summed E-state index contributed by atoms with van der Waals surface area (Å²) in [4.78, 5) is 16.3. The number of aromatic nitrogens is 3. The van der Waals surface area contributed by atoms with Gasteiger partial charge in [0.2, 0.25) is 0 Å². The minimum atomic E-state index is -0.915. The Balaban J connectivity index is 1.47. The van der Waals surface area contributed by atoms with Gasteiger partial charge in [0.1, 0.15) is 24.3 Å². The molecule has 8 nitrogen and oxygen atoms in total. The van der Waals surface area contributed by atoms with Crippen LogP contribution in [-0.2, 0) is 7.05 Å². The number of pyridine rings is 1. The van der Waals surface area contributed by atoms with Crippen molar-refractivity contribution in [2.45, 2.75) is 13.0 Å². The van der Waals surface area contributed by atoms with Crippen molar-refractivity contribution in [3.63, 3.8) is 0 Å². The fraction of sp³-hybridized carbons (Fsp3) is 0.278. The summed E-state index contributed by atoms with van der Waals surface area (Å²) < 4.78 is 19.8. The Bertz CT molecular complexity index is 942. The molecule has 0 spiro atoms. The first-order valence-electron chi connectivity index (χ1n) is 8.33. The summed E-state index contributed by atoms with van der Waals surface area (Å²) in [6, 6.07) is 6.78. The Morgan fingerprint density at radius 1 is 1.37 bits per heavy atom. The number of ether oxygens (including phenoxy) is 1. The smallest absolute Gasteiger partial charge is 0.319 e. The predicted molar refractivity (Wildman–Crippen MR) is 98.2 cm³/mol. The van der Waals surface area contributed by atoms with E-state index in [1.54, 1.807) is 17.8 Å². The number of rotatable bonds is 6. The Labute approximate surface area is 155 Å². The second kappa shape index (κ2) is 8.00. The minimum Gasteiger partial charge on any atom is -0.491 e. The maximum Gasteiger partial charge on any atom is 0.319 e. The molecule has 27 heavy (non-hydrogen) atoms.